The number of rotatable bonds is 4. The smallest absolute Gasteiger partial charge is 0.272 e. The largest absolute Gasteiger partial charge is 0.497 e. The lowest BCUT2D eigenvalue weighted by molar-refractivity contribution is 0.0906. The number of hydrogen-bond acceptors (Lipinski definition) is 4. The van der Waals surface area contributed by atoms with Gasteiger partial charge in [-0.05, 0) is 56.8 Å². The highest BCUT2D eigenvalue weighted by Gasteiger charge is 2.21. The summed E-state index contributed by atoms with van der Waals surface area (Å²) in [6, 6.07) is 9.77. The van der Waals surface area contributed by atoms with Crippen molar-refractivity contribution in [3.63, 3.8) is 0 Å². The van der Waals surface area contributed by atoms with Crippen LogP contribution >= 0.6 is 0 Å². The van der Waals surface area contributed by atoms with Crippen molar-refractivity contribution < 1.29 is 9.53 Å². The van der Waals surface area contributed by atoms with Gasteiger partial charge in [0.2, 0.25) is 0 Å². The summed E-state index contributed by atoms with van der Waals surface area (Å²) in [6.07, 6.45) is 2.13. The highest BCUT2D eigenvalue weighted by atomic mass is 16.5. The number of likely N-dealkylation sites (N-methyl/N-ethyl adjacent to an activating group) is 1. The van der Waals surface area contributed by atoms with E-state index in [1.807, 2.05) is 37.4 Å². The number of amides is 1. The Morgan fingerprint density at radius 3 is 2.71 bits per heavy atom. The van der Waals surface area contributed by atoms with Crippen LogP contribution in [0.3, 0.4) is 0 Å². The molecule has 1 atom stereocenters. The van der Waals surface area contributed by atoms with Crippen molar-refractivity contribution in [3.05, 3.63) is 36.0 Å². The highest BCUT2D eigenvalue weighted by molar-refractivity contribution is 5.93. The van der Waals surface area contributed by atoms with E-state index >= 15 is 0 Å². The van der Waals surface area contributed by atoms with Gasteiger partial charge >= 0.3 is 0 Å². The standard InChI is InChI=1S/C18H24N4O2/c1-21-10-4-5-14(12-21)19-18(23)16-11-17(22(2)20-16)13-6-8-15(24-3)9-7-13/h6-9,11,14H,4-5,10,12H2,1-3H3,(H,19,23)/t14-/m1/s1. The van der Waals surface area contributed by atoms with Crippen molar-refractivity contribution in [3.8, 4) is 17.0 Å². The van der Waals surface area contributed by atoms with Gasteiger partial charge in [-0.15, -0.1) is 0 Å². The Labute approximate surface area is 142 Å². The molecule has 2 aromatic rings. The molecule has 1 amide bonds. The maximum Gasteiger partial charge on any atom is 0.272 e. The Morgan fingerprint density at radius 2 is 2.04 bits per heavy atom. The average Bonchev–Trinajstić information content (AvgIpc) is 2.97. The zero-order valence-electron chi connectivity index (χ0n) is 14.5. The Balaban J connectivity index is 1.73. The molecule has 1 aliphatic rings. The zero-order valence-corrected chi connectivity index (χ0v) is 14.5. The van der Waals surface area contributed by atoms with E-state index in [1.54, 1.807) is 11.8 Å². The number of aromatic nitrogens is 2. The van der Waals surface area contributed by atoms with Gasteiger partial charge in [-0.2, -0.15) is 5.10 Å². The van der Waals surface area contributed by atoms with Crippen molar-refractivity contribution in [2.45, 2.75) is 18.9 Å². The minimum Gasteiger partial charge on any atom is -0.497 e. The Hall–Kier alpha value is -2.34. The van der Waals surface area contributed by atoms with Crippen LogP contribution in [0.5, 0.6) is 5.75 Å². The molecule has 6 heteroatoms. The van der Waals surface area contributed by atoms with Crippen molar-refractivity contribution in [2.24, 2.45) is 7.05 Å². The van der Waals surface area contributed by atoms with Crippen molar-refractivity contribution in [1.82, 2.24) is 20.0 Å². The zero-order chi connectivity index (χ0) is 17.1. The monoisotopic (exact) mass is 328 g/mol. The number of likely N-dealkylation sites (tertiary alicyclic amines) is 1. The molecule has 1 fully saturated rings. The summed E-state index contributed by atoms with van der Waals surface area (Å²) in [7, 11) is 5.58. The van der Waals surface area contributed by atoms with E-state index in [0.29, 0.717) is 5.69 Å². The number of aryl methyl sites for hydroxylation is 1. The molecule has 3 rings (SSSR count). The molecule has 0 spiro atoms. The lowest BCUT2D eigenvalue weighted by Gasteiger charge is -2.29. The highest BCUT2D eigenvalue weighted by Crippen LogP contribution is 2.23. The second kappa shape index (κ2) is 7.05. The first-order valence-corrected chi connectivity index (χ1v) is 8.24. The van der Waals surface area contributed by atoms with Gasteiger partial charge in [-0.25, -0.2) is 0 Å². The number of nitrogens with zero attached hydrogens (tertiary/aromatic N) is 3. The van der Waals surface area contributed by atoms with Gasteiger partial charge in [0.15, 0.2) is 5.69 Å². The number of piperidine rings is 1. The van der Waals surface area contributed by atoms with Gasteiger partial charge in [-0.3, -0.25) is 9.48 Å². The molecule has 0 radical (unpaired) electrons. The fourth-order valence-corrected chi connectivity index (χ4v) is 3.15. The second-order valence-electron chi connectivity index (χ2n) is 6.34. The third-order valence-electron chi connectivity index (χ3n) is 4.46. The van der Waals surface area contributed by atoms with Gasteiger partial charge in [0.25, 0.3) is 5.91 Å². The second-order valence-corrected chi connectivity index (χ2v) is 6.34. The van der Waals surface area contributed by atoms with E-state index in [4.69, 9.17) is 4.74 Å². The molecule has 1 N–H and O–H groups in total. The number of benzene rings is 1. The molecule has 1 saturated heterocycles. The van der Waals surface area contributed by atoms with Crippen molar-refractivity contribution in [2.75, 3.05) is 27.2 Å². The molecule has 0 bridgehead atoms. The maximum absolute atomic E-state index is 12.5. The maximum atomic E-state index is 12.5. The summed E-state index contributed by atoms with van der Waals surface area (Å²) >= 11 is 0. The summed E-state index contributed by atoms with van der Waals surface area (Å²) in [5.74, 6) is 0.700. The molecule has 2 heterocycles. The van der Waals surface area contributed by atoms with Crippen LogP contribution in [0.2, 0.25) is 0 Å². The first-order valence-electron chi connectivity index (χ1n) is 8.24. The van der Waals surface area contributed by atoms with E-state index in [9.17, 15) is 4.79 Å². The third kappa shape index (κ3) is 3.59. The minimum absolute atomic E-state index is 0.106. The predicted octanol–water partition coefficient (Wildman–Crippen LogP) is 1.92. The molecule has 0 aliphatic carbocycles. The number of methoxy groups -OCH3 is 1. The SMILES string of the molecule is COc1ccc(-c2cc(C(=O)N[C@@H]3CCCN(C)C3)nn2C)cc1. The molecular formula is C18H24N4O2. The number of carbonyl (C=O) groups excluding carboxylic acids is 1. The van der Waals surface area contributed by atoms with E-state index < -0.39 is 0 Å². The lowest BCUT2D eigenvalue weighted by atomic mass is 10.1. The van der Waals surface area contributed by atoms with Gasteiger partial charge in [0.05, 0.1) is 12.8 Å². The predicted molar refractivity (Wildman–Crippen MR) is 93.2 cm³/mol. The topological polar surface area (TPSA) is 59.4 Å². The van der Waals surface area contributed by atoms with Gasteiger partial charge in [0, 0.05) is 25.2 Å². The summed E-state index contributed by atoms with van der Waals surface area (Å²) in [5.41, 5.74) is 2.36. The molecule has 1 aromatic heterocycles. The minimum atomic E-state index is -0.106. The lowest BCUT2D eigenvalue weighted by Crippen LogP contribution is -2.46. The molecule has 6 nitrogen and oxygen atoms in total. The molecule has 1 aliphatic heterocycles. The van der Waals surface area contributed by atoms with Crippen molar-refractivity contribution >= 4 is 5.91 Å². The summed E-state index contributed by atoms with van der Waals surface area (Å²) < 4.78 is 6.92. The average molecular weight is 328 g/mol. The van der Waals surface area contributed by atoms with Crippen LogP contribution in [-0.2, 0) is 7.05 Å². The van der Waals surface area contributed by atoms with Crippen LogP contribution < -0.4 is 10.1 Å². The summed E-state index contributed by atoms with van der Waals surface area (Å²) in [4.78, 5) is 14.7. The van der Waals surface area contributed by atoms with Crippen molar-refractivity contribution in [1.29, 1.82) is 0 Å². The Bertz CT molecular complexity index is 708. The molecule has 0 unspecified atom stereocenters. The van der Waals surface area contributed by atoms with E-state index in [1.165, 1.54) is 0 Å². The molecule has 0 saturated carbocycles. The Morgan fingerprint density at radius 1 is 1.29 bits per heavy atom. The fourth-order valence-electron chi connectivity index (χ4n) is 3.15. The number of ether oxygens (including phenoxy) is 1. The fraction of sp³-hybridized carbons (Fsp3) is 0.444. The summed E-state index contributed by atoms with van der Waals surface area (Å²) in [5, 5.41) is 7.47. The van der Waals surface area contributed by atoms with Crippen LogP contribution in [0.25, 0.3) is 11.3 Å². The summed E-state index contributed by atoms with van der Waals surface area (Å²) in [6.45, 7) is 1.99. The van der Waals surface area contributed by atoms with Crippen LogP contribution in [0, 0.1) is 0 Å². The van der Waals surface area contributed by atoms with Gasteiger partial charge in [0.1, 0.15) is 5.75 Å². The molecule has 1 aromatic carbocycles. The quantitative estimate of drug-likeness (QED) is 0.931. The first kappa shape index (κ1) is 16.5. The number of carbonyl (C=O) groups is 1. The van der Waals surface area contributed by atoms with Gasteiger partial charge < -0.3 is 15.0 Å². The van der Waals surface area contributed by atoms with E-state index in [-0.39, 0.29) is 11.9 Å². The third-order valence-corrected chi connectivity index (χ3v) is 4.46. The number of hydrogen-bond donors (Lipinski definition) is 1. The Kier molecular flexibility index (Phi) is 4.85. The first-order chi connectivity index (χ1) is 11.6. The van der Waals surface area contributed by atoms with E-state index in [2.05, 4.69) is 22.4 Å². The number of nitrogens with one attached hydrogen (secondary N) is 1. The normalized spacial score (nSPS) is 18.4. The van der Waals surface area contributed by atoms with Crippen LogP contribution in [0.4, 0.5) is 0 Å². The van der Waals surface area contributed by atoms with Crippen LogP contribution in [-0.4, -0.2) is 53.9 Å². The molecular weight excluding hydrogens is 304 g/mol. The van der Waals surface area contributed by atoms with E-state index in [0.717, 1.165) is 42.9 Å². The van der Waals surface area contributed by atoms with Crippen LogP contribution in [0.15, 0.2) is 30.3 Å². The molecule has 128 valence electrons. The van der Waals surface area contributed by atoms with Crippen LogP contribution in [0.1, 0.15) is 23.3 Å². The molecule has 24 heavy (non-hydrogen) atoms. The van der Waals surface area contributed by atoms with Gasteiger partial charge in [-0.1, -0.05) is 0 Å².